The number of nitrogens with two attached hydrogens (primary N) is 2. The van der Waals surface area contributed by atoms with Gasteiger partial charge >= 0.3 is 13.3 Å². The first-order valence-electron chi connectivity index (χ1n) is 6.39. The van der Waals surface area contributed by atoms with Crippen molar-refractivity contribution in [3.8, 4) is 0 Å². The average molecular weight is 293 g/mol. The van der Waals surface area contributed by atoms with Crippen molar-refractivity contribution < 1.29 is 18.8 Å². The first kappa shape index (κ1) is 16.8. The Bertz CT molecular complexity index is 484. The van der Waals surface area contributed by atoms with E-state index in [1.807, 2.05) is 6.07 Å². The Hall–Kier alpha value is -2.22. The Morgan fingerprint density at radius 3 is 2.38 bits per heavy atom. The molecule has 1 aromatic carbocycles. The molecule has 0 atom stereocenters. The van der Waals surface area contributed by atoms with Crippen molar-refractivity contribution in [3.05, 3.63) is 30.3 Å². The lowest BCUT2D eigenvalue weighted by atomic mass is 9.79. The largest absolute Gasteiger partial charge is 0.568 e. The third kappa shape index (κ3) is 7.21. The number of ether oxygens (including phenoxy) is 1. The van der Waals surface area contributed by atoms with E-state index in [-0.39, 0.29) is 12.7 Å². The van der Waals surface area contributed by atoms with Crippen LogP contribution in [0, 0.1) is 0 Å². The molecule has 0 fully saturated rings. The van der Waals surface area contributed by atoms with Crippen LogP contribution in [0.3, 0.4) is 0 Å². The van der Waals surface area contributed by atoms with Crippen LogP contribution in [0.2, 0.25) is 0 Å². The molecule has 1 aromatic rings. The zero-order chi connectivity index (χ0) is 15.9. The highest BCUT2D eigenvalue weighted by Crippen LogP contribution is 2.09. The molecule has 7 nitrogen and oxygen atoms in total. The van der Waals surface area contributed by atoms with Gasteiger partial charge in [0.05, 0.1) is 0 Å². The number of guanidine groups is 1. The van der Waals surface area contributed by atoms with Gasteiger partial charge in [-0.15, -0.1) is 0 Å². The number of rotatable bonds is 5. The maximum atomic E-state index is 11.7. The lowest BCUT2D eigenvalue weighted by molar-refractivity contribution is 0.0155. The molecule has 0 aromatic heterocycles. The normalized spacial score (nSPS) is 10.6. The lowest BCUT2D eigenvalue weighted by Crippen LogP contribution is -2.40. The number of hydrogen-bond donors (Lipinski definition) is 2. The van der Waals surface area contributed by atoms with Crippen molar-refractivity contribution in [3.63, 3.8) is 0 Å². The summed E-state index contributed by atoms with van der Waals surface area (Å²) in [6, 6.07) is 8.94. The van der Waals surface area contributed by atoms with Crippen LogP contribution in [0.25, 0.3) is 0 Å². The van der Waals surface area contributed by atoms with E-state index in [0.717, 1.165) is 0 Å². The van der Waals surface area contributed by atoms with E-state index in [9.17, 15) is 4.79 Å². The van der Waals surface area contributed by atoms with Crippen LogP contribution in [0.15, 0.2) is 35.3 Å². The Morgan fingerprint density at radius 1 is 1.24 bits per heavy atom. The molecule has 0 bridgehead atoms. The van der Waals surface area contributed by atoms with Crippen molar-refractivity contribution in [2.75, 3.05) is 6.73 Å². The van der Waals surface area contributed by atoms with Gasteiger partial charge in [0, 0.05) is 0 Å². The van der Waals surface area contributed by atoms with Gasteiger partial charge < -0.3 is 25.5 Å². The molecule has 0 saturated carbocycles. The minimum absolute atomic E-state index is 0.112. The molecule has 0 aliphatic heterocycles. The number of hydrogen-bond acceptors (Lipinski definition) is 5. The summed E-state index contributed by atoms with van der Waals surface area (Å²) in [5.74, 6) is -0.112. The minimum Gasteiger partial charge on any atom is -0.473 e. The number of carbonyl (C=O) groups is 1. The van der Waals surface area contributed by atoms with Gasteiger partial charge in [-0.05, 0) is 26.2 Å². The van der Waals surface area contributed by atoms with Crippen molar-refractivity contribution in [2.45, 2.75) is 26.4 Å². The second-order valence-corrected chi connectivity index (χ2v) is 5.20. The van der Waals surface area contributed by atoms with Crippen LogP contribution < -0.4 is 16.9 Å². The minimum atomic E-state index is -0.954. The lowest BCUT2D eigenvalue weighted by Gasteiger charge is -2.21. The molecule has 0 radical (unpaired) electrons. The first-order valence-corrected chi connectivity index (χ1v) is 6.39. The third-order valence-corrected chi connectivity index (χ3v) is 2.14. The molecular weight excluding hydrogens is 273 g/mol. The van der Waals surface area contributed by atoms with E-state index < -0.39 is 18.9 Å². The predicted octanol–water partition coefficient (Wildman–Crippen LogP) is 0.581. The molecule has 0 aliphatic rings. The zero-order valence-electron chi connectivity index (χ0n) is 12.4. The number of aliphatic imine (C=N–C) groups is 1. The summed E-state index contributed by atoms with van der Waals surface area (Å²) < 4.78 is 15.6. The van der Waals surface area contributed by atoms with E-state index in [4.69, 9.17) is 25.5 Å². The predicted molar refractivity (Wildman–Crippen MR) is 80.9 cm³/mol. The summed E-state index contributed by atoms with van der Waals surface area (Å²) in [5, 5.41) is 0. The number of benzene rings is 1. The van der Waals surface area contributed by atoms with Gasteiger partial charge in [0.25, 0.3) is 0 Å². The van der Waals surface area contributed by atoms with Gasteiger partial charge in [-0.3, -0.25) is 0 Å². The van der Waals surface area contributed by atoms with Crippen LogP contribution >= 0.6 is 0 Å². The van der Waals surface area contributed by atoms with Gasteiger partial charge in [-0.1, -0.05) is 30.3 Å². The van der Waals surface area contributed by atoms with Crippen LogP contribution in [0.4, 0.5) is 4.79 Å². The zero-order valence-corrected chi connectivity index (χ0v) is 12.4. The standard InChI is InChI=1S/C13H20BN3O4/c1-13(2,3)20-12(18)21-14(19-9-17-11(15)16)10-7-5-4-6-8-10/h4-8H,9H2,1-3H3,(H4,15,16,17). The smallest absolute Gasteiger partial charge is 0.473 e. The van der Waals surface area contributed by atoms with E-state index in [2.05, 4.69) is 4.99 Å². The average Bonchev–Trinajstić information content (AvgIpc) is 2.36. The fourth-order valence-corrected chi connectivity index (χ4v) is 1.35. The second-order valence-electron chi connectivity index (χ2n) is 5.20. The summed E-state index contributed by atoms with van der Waals surface area (Å²) >= 11 is 0. The van der Waals surface area contributed by atoms with Gasteiger partial charge in [-0.2, -0.15) is 0 Å². The number of carbonyl (C=O) groups excluding carboxylic acids is 1. The molecule has 0 amide bonds. The van der Waals surface area contributed by atoms with Crippen LogP contribution in [-0.2, 0) is 14.0 Å². The van der Waals surface area contributed by atoms with Crippen LogP contribution in [0.1, 0.15) is 20.8 Å². The molecule has 4 N–H and O–H groups in total. The molecule has 0 aliphatic carbocycles. The molecule has 0 saturated heterocycles. The molecule has 0 heterocycles. The van der Waals surface area contributed by atoms with Crippen molar-refractivity contribution in [1.82, 2.24) is 0 Å². The van der Waals surface area contributed by atoms with Crippen molar-refractivity contribution in [1.29, 1.82) is 0 Å². The molecule has 1 rings (SSSR count). The summed E-state index contributed by atoms with van der Waals surface area (Å²) in [6.45, 7) is 5.09. The Kier molecular flexibility index (Phi) is 6.04. The van der Waals surface area contributed by atoms with Crippen LogP contribution in [0.5, 0.6) is 0 Å². The summed E-state index contributed by atoms with van der Waals surface area (Å²) in [4.78, 5) is 15.4. The maximum absolute atomic E-state index is 11.7. The molecule has 114 valence electrons. The molecule has 0 unspecified atom stereocenters. The van der Waals surface area contributed by atoms with Gasteiger partial charge in [0.1, 0.15) is 12.3 Å². The summed E-state index contributed by atoms with van der Waals surface area (Å²) in [7, 11) is -0.954. The van der Waals surface area contributed by atoms with E-state index in [1.54, 1.807) is 45.0 Å². The van der Waals surface area contributed by atoms with Gasteiger partial charge in [-0.25, -0.2) is 9.79 Å². The fourth-order valence-electron chi connectivity index (χ4n) is 1.35. The monoisotopic (exact) mass is 293 g/mol. The van der Waals surface area contributed by atoms with Crippen molar-refractivity contribution >= 4 is 24.7 Å². The molecule has 0 spiro atoms. The Balaban J connectivity index is 2.73. The molecular formula is C13H20BN3O4. The van der Waals surface area contributed by atoms with Crippen LogP contribution in [-0.4, -0.2) is 31.6 Å². The first-order chi connectivity index (χ1) is 9.78. The topological polar surface area (TPSA) is 109 Å². The fraction of sp³-hybridized carbons (Fsp3) is 0.385. The highest BCUT2D eigenvalue weighted by atomic mass is 16.8. The Morgan fingerprint density at radius 2 is 1.86 bits per heavy atom. The summed E-state index contributed by atoms with van der Waals surface area (Å²) in [5.41, 5.74) is 10.4. The Labute approximate surface area is 124 Å². The van der Waals surface area contributed by atoms with E-state index in [1.165, 1.54) is 0 Å². The molecule has 8 heteroatoms. The SMILES string of the molecule is CC(C)(C)OC(=O)OB(OCN=C(N)N)c1ccccc1. The maximum Gasteiger partial charge on any atom is 0.568 e. The molecule has 21 heavy (non-hydrogen) atoms. The third-order valence-electron chi connectivity index (χ3n) is 2.14. The van der Waals surface area contributed by atoms with E-state index >= 15 is 0 Å². The highest BCUT2D eigenvalue weighted by Gasteiger charge is 2.29. The van der Waals surface area contributed by atoms with Gasteiger partial charge in [0.15, 0.2) is 5.96 Å². The summed E-state index contributed by atoms with van der Waals surface area (Å²) in [6.07, 6.45) is -0.832. The van der Waals surface area contributed by atoms with Crippen molar-refractivity contribution in [2.24, 2.45) is 16.5 Å². The quantitative estimate of drug-likeness (QED) is 0.356. The van der Waals surface area contributed by atoms with E-state index in [0.29, 0.717) is 5.46 Å². The second kappa shape index (κ2) is 7.54. The highest BCUT2D eigenvalue weighted by molar-refractivity contribution is 6.62. The van der Waals surface area contributed by atoms with Gasteiger partial charge in [0.2, 0.25) is 0 Å². The number of nitrogens with zero attached hydrogens (tertiary/aromatic N) is 1.